The number of nitro groups is 1. The van der Waals surface area contributed by atoms with Crippen molar-refractivity contribution in [2.24, 2.45) is 0 Å². The van der Waals surface area contributed by atoms with Crippen LogP contribution in [0.15, 0.2) is 53.3 Å². The van der Waals surface area contributed by atoms with Gasteiger partial charge in [-0.15, -0.1) is 0 Å². The number of pyridine rings is 1. The zero-order chi connectivity index (χ0) is 21.0. The van der Waals surface area contributed by atoms with Gasteiger partial charge in [0.2, 0.25) is 5.56 Å². The Balaban J connectivity index is 1.72. The largest absolute Gasteiger partial charge is 0.452 e. The number of H-pyrrole nitrogens is 1. The lowest BCUT2D eigenvalue weighted by atomic mass is 10.1. The number of fused-ring (bicyclic) bond motifs is 1. The van der Waals surface area contributed by atoms with Gasteiger partial charge in [-0.2, -0.15) is 5.26 Å². The number of hydrogen-bond donors (Lipinski definition) is 2. The molecule has 1 amide bonds. The molecule has 0 radical (unpaired) electrons. The second kappa shape index (κ2) is 8.01. The number of rotatable bonds is 5. The predicted molar refractivity (Wildman–Crippen MR) is 101 cm³/mol. The first-order valence-electron chi connectivity index (χ1n) is 8.16. The van der Waals surface area contributed by atoms with E-state index in [4.69, 9.17) is 10.00 Å². The lowest BCUT2D eigenvalue weighted by Crippen LogP contribution is -2.22. The Morgan fingerprint density at radius 2 is 1.97 bits per heavy atom. The number of para-hydroxylation sites is 1. The summed E-state index contributed by atoms with van der Waals surface area (Å²) in [6.07, 6.45) is 0. The van der Waals surface area contributed by atoms with Crippen molar-refractivity contribution in [3.05, 3.63) is 80.1 Å². The van der Waals surface area contributed by atoms with Gasteiger partial charge in [0, 0.05) is 29.1 Å². The third-order valence-corrected chi connectivity index (χ3v) is 3.91. The lowest BCUT2D eigenvalue weighted by Gasteiger charge is -2.09. The minimum absolute atomic E-state index is 0.00481. The molecule has 0 atom stereocenters. The standard InChI is InChI=1S/C19H12N4O6/c20-9-11-7-12(23(27)28)5-6-15(11)21-18(25)10-29-19(26)14-8-17(24)22-16-4-2-1-3-13(14)16/h1-8H,10H2,(H,21,25)(H,22,24). The molecule has 0 fully saturated rings. The number of aromatic amines is 1. The van der Waals surface area contributed by atoms with E-state index >= 15 is 0 Å². The third-order valence-electron chi connectivity index (χ3n) is 3.91. The van der Waals surface area contributed by atoms with Crippen LogP contribution in [0.3, 0.4) is 0 Å². The maximum absolute atomic E-state index is 12.3. The molecule has 0 aliphatic carbocycles. The first-order valence-corrected chi connectivity index (χ1v) is 8.16. The molecule has 1 heterocycles. The van der Waals surface area contributed by atoms with Crippen LogP contribution >= 0.6 is 0 Å². The van der Waals surface area contributed by atoms with Crippen molar-refractivity contribution in [1.82, 2.24) is 4.98 Å². The Bertz CT molecular complexity index is 1240. The monoisotopic (exact) mass is 392 g/mol. The summed E-state index contributed by atoms with van der Waals surface area (Å²) in [5.74, 6) is -1.62. The van der Waals surface area contributed by atoms with Crippen LogP contribution in [-0.4, -0.2) is 28.4 Å². The van der Waals surface area contributed by atoms with Gasteiger partial charge in [0.15, 0.2) is 6.61 Å². The molecule has 3 rings (SSSR count). The number of nitrogens with zero attached hydrogens (tertiary/aromatic N) is 2. The van der Waals surface area contributed by atoms with E-state index in [9.17, 15) is 24.5 Å². The van der Waals surface area contributed by atoms with Gasteiger partial charge in [-0.3, -0.25) is 19.7 Å². The van der Waals surface area contributed by atoms with Crippen molar-refractivity contribution in [2.45, 2.75) is 0 Å². The molecule has 0 bridgehead atoms. The second-order valence-corrected chi connectivity index (χ2v) is 5.82. The van der Waals surface area contributed by atoms with E-state index in [0.717, 1.165) is 18.2 Å². The molecule has 0 unspecified atom stereocenters. The molecule has 3 aromatic rings. The van der Waals surface area contributed by atoms with E-state index < -0.39 is 29.0 Å². The zero-order valence-corrected chi connectivity index (χ0v) is 14.7. The fraction of sp³-hybridized carbons (Fsp3) is 0.0526. The molecular weight excluding hydrogens is 380 g/mol. The van der Waals surface area contributed by atoms with Crippen molar-refractivity contribution in [3.63, 3.8) is 0 Å². The second-order valence-electron chi connectivity index (χ2n) is 5.82. The molecular formula is C19H12N4O6. The van der Waals surface area contributed by atoms with Gasteiger partial charge in [0.25, 0.3) is 11.6 Å². The lowest BCUT2D eigenvalue weighted by molar-refractivity contribution is -0.384. The average molecular weight is 392 g/mol. The van der Waals surface area contributed by atoms with E-state index in [1.54, 1.807) is 30.3 Å². The summed E-state index contributed by atoms with van der Waals surface area (Å²) in [6.45, 7) is -0.679. The summed E-state index contributed by atoms with van der Waals surface area (Å²) in [5, 5.41) is 22.7. The number of nitrogens with one attached hydrogen (secondary N) is 2. The van der Waals surface area contributed by atoms with E-state index in [1.165, 1.54) is 6.07 Å². The van der Waals surface area contributed by atoms with Gasteiger partial charge in [0.05, 0.1) is 21.7 Å². The highest BCUT2D eigenvalue weighted by Crippen LogP contribution is 2.21. The highest BCUT2D eigenvalue weighted by Gasteiger charge is 2.16. The number of nitriles is 1. The number of hydrogen-bond acceptors (Lipinski definition) is 7. The quantitative estimate of drug-likeness (QED) is 0.382. The third kappa shape index (κ3) is 4.25. The van der Waals surface area contributed by atoms with Crippen molar-refractivity contribution >= 4 is 34.2 Å². The number of aromatic nitrogens is 1. The maximum Gasteiger partial charge on any atom is 0.339 e. The Labute approximate surface area is 162 Å². The van der Waals surface area contributed by atoms with Gasteiger partial charge in [-0.05, 0) is 12.1 Å². The number of amides is 1. The van der Waals surface area contributed by atoms with Crippen LogP contribution in [0.5, 0.6) is 0 Å². The number of carbonyl (C=O) groups is 2. The molecule has 1 aromatic heterocycles. The van der Waals surface area contributed by atoms with Crippen molar-refractivity contribution in [2.75, 3.05) is 11.9 Å². The highest BCUT2D eigenvalue weighted by atomic mass is 16.6. The summed E-state index contributed by atoms with van der Waals surface area (Å²) in [7, 11) is 0. The smallest absolute Gasteiger partial charge is 0.339 e. The molecule has 2 N–H and O–H groups in total. The summed E-state index contributed by atoms with van der Waals surface area (Å²) < 4.78 is 4.97. The average Bonchev–Trinajstić information content (AvgIpc) is 2.71. The molecule has 0 saturated carbocycles. The topological polar surface area (TPSA) is 155 Å². The summed E-state index contributed by atoms with van der Waals surface area (Å²) in [6, 6.07) is 12.8. The first kappa shape index (κ1) is 19.2. The number of non-ortho nitro benzene ring substituents is 1. The molecule has 144 valence electrons. The van der Waals surface area contributed by atoms with E-state index in [2.05, 4.69) is 10.3 Å². The van der Waals surface area contributed by atoms with Gasteiger partial charge in [0.1, 0.15) is 6.07 Å². The molecule has 0 aliphatic heterocycles. The number of nitro benzene ring substituents is 1. The first-order chi connectivity index (χ1) is 13.9. The van der Waals surface area contributed by atoms with Crippen molar-refractivity contribution < 1.29 is 19.2 Å². The number of esters is 1. The van der Waals surface area contributed by atoms with Gasteiger partial charge >= 0.3 is 5.97 Å². The van der Waals surface area contributed by atoms with Crippen molar-refractivity contribution in [1.29, 1.82) is 5.26 Å². The van der Waals surface area contributed by atoms with E-state index in [0.29, 0.717) is 10.9 Å². The molecule has 0 saturated heterocycles. The normalized spacial score (nSPS) is 10.2. The zero-order valence-electron chi connectivity index (χ0n) is 14.7. The molecule has 10 heteroatoms. The predicted octanol–water partition coefficient (Wildman–Crippen LogP) is 2.10. The van der Waals surface area contributed by atoms with Crippen LogP contribution in [0.2, 0.25) is 0 Å². The fourth-order valence-corrected chi connectivity index (χ4v) is 2.62. The SMILES string of the molecule is N#Cc1cc([N+](=O)[O-])ccc1NC(=O)COC(=O)c1cc(=O)[nH]c2ccccc12. The molecule has 2 aromatic carbocycles. The number of benzene rings is 2. The van der Waals surface area contributed by atoms with Crippen LogP contribution in [0.4, 0.5) is 11.4 Å². The summed E-state index contributed by atoms with van der Waals surface area (Å²) in [5.41, 5.74) is -0.414. The van der Waals surface area contributed by atoms with Crippen LogP contribution in [-0.2, 0) is 9.53 Å². The molecule has 0 aliphatic rings. The summed E-state index contributed by atoms with van der Waals surface area (Å²) in [4.78, 5) is 48.8. The van der Waals surface area contributed by atoms with E-state index in [-0.39, 0.29) is 22.5 Å². The van der Waals surface area contributed by atoms with Gasteiger partial charge in [-0.1, -0.05) is 18.2 Å². The highest BCUT2D eigenvalue weighted by molar-refractivity contribution is 6.04. The van der Waals surface area contributed by atoms with E-state index in [1.807, 2.05) is 0 Å². The Morgan fingerprint density at radius 1 is 1.21 bits per heavy atom. The minimum atomic E-state index is -0.869. The Hall–Kier alpha value is -4.52. The maximum atomic E-state index is 12.3. The molecule has 29 heavy (non-hydrogen) atoms. The van der Waals surface area contributed by atoms with Crippen LogP contribution in [0.25, 0.3) is 10.9 Å². The van der Waals surface area contributed by atoms with Crippen LogP contribution in [0.1, 0.15) is 15.9 Å². The number of anilines is 1. The summed E-state index contributed by atoms with van der Waals surface area (Å²) >= 11 is 0. The minimum Gasteiger partial charge on any atom is -0.452 e. The fourth-order valence-electron chi connectivity index (χ4n) is 2.62. The number of ether oxygens (including phenoxy) is 1. The van der Waals surface area contributed by atoms with Crippen molar-refractivity contribution in [3.8, 4) is 6.07 Å². The molecule has 0 spiro atoms. The van der Waals surface area contributed by atoms with Gasteiger partial charge in [-0.25, -0.2) is 4.79 Å². The van der Waals surface area contributed by atoms with Crippen LogP contribution in [0, 0.1) is 21.4 Å². The Kier molecular flexibility index (Phi) is 5.32. The Morgan fingerprint density at radius 3 is 2.69 bits per heavy atom. The molecule has 10 nitrogen and oxygen atoms in total. The number of carbonyl (C=O) groups excluding carboxylic acids is 2. The van der Waals surface area contributed by atoms with Gasteiger partial charge < -0.3 is 15.0 Å². The van der Waals surface area contributed by atoms with Crippen LogP contribution < -0.4 is 10.9 Å².